The molecule has 0 saturated heterocycles. The Kier molecular flexibility index (Phi) is 9.73. The minimum atomic E-state index is -0.350. The molecule has 0 aliphatic rings. The van der Waals surface area contributed by atoms with E-state index in [1.807, 2.05) is 12.1 Å². The van der Waals surface area contributed by atoms with E-state index in [9.17, 15) is 0 Å². The van der Waals surface area contributed by atoms with Crippen molar-refractivity contribution in [1.29, 1.82) is 5.41 Å². The van der Waals surface area contributed by atoms with E-state index in [0.717, 1.165) is 12.0 Å². The van der Waals surface area contributed by atoms with Crippen LogP contribution in [0.25, 0.3) is 11.5 Å². The third-order valence-electron chi connectivity index (χ3n) is 5.30. The van der Waals surface area contributed by atoms with Gasteiger partial charge in [0.05, 0.1) is 5.92 Å². The highest BCUT2D eigenvalue weighted by molar-refractivity contribution is 5.83. The van der Waals surface area contributed by atoms with Crippen LogP contribution in [0, 0.1) is 5.41 Å². The van der Waals surface area contributed by atoms with Gasteiger partial charge in [-0.3, -0.25) is 5.41 Å². The summed E-state index contributed by atoms with van der Waals surface area (Å²) in [4.78, 5) is 0. The number of unbranched alkanes of at least 4 members (excludes halogenated alkanes) is 9. The second kappa shape index (κ2) is 12.3. The van der Waals surface area contributed by atoms with Crippen molar-refractivity contribution in [2.45, 2.75) is 90.4 Å². The quantitative estimate of drug-likeness (QED) is 0.229. The molecular weight excluding hydrogens is 348 g/mol. The average Bonchev–Trinajstić information content (AvgIpc) is 3.19. The van der Waals surface area contributed by atoms with Crippen LogP contribution in [0.3, 0.4) is 0 Å². The highest BCUT2D eigenvalue weighted by Gasteiger charge is 2.17. The highest BCUT2D eigenvalue weighted by atomic mass is 16.4. The largest absolute Gasteiger partial charge is 0.420 e. The number of amidine groups is 1. The molecule has 1 unspecified atom stereocenters. The lowest BCUT2D eigenvalue weighted by molar-refractivity contribution is 0.500. The molecule has 1 aromatic carbocycles. The average molecular weight is 385 g/mol. The van der Waals surface area contributed by atoms with Gasteiger partial charge in [0.2, 0.25) is 11.8 Å². The summed E-state index contributed by atoms with van der Waals surface area (Å²) in [6, 6.07) is 8.34. The second-order valence-corrected chi connectivity index (χ2v) is 7.75. The van der Waals surface area contributed by atoms with Crippen LogP contribution in [0.1, 0.15) is 95.4 Å². The molecular formula is C23H36N4O. The smallest absolute Gasteiger partial charge is 0.247 e. The van der Waals surface area contributed by atoms with Crippen LogP contribution in [0.2, 0.25) is 0 Å². The summed E-state index contributed by atoms with van der Waals surface area (Å²) >= 11 is 0. The molecule has 0 fully saturated rings. The first-order valence-electron chi connectivity index (χ1n) is 10.9. The monoisotopic (exact) mass is 384 g/mol. The maximum Gasteiger partial charge on any atom is 0.247 e. The Morgan fingerprint density at radius 2 is 1.50 bits per heavy atom. The zero-order valence-electron chi connectivity index (χ0n) is 17.5. The van der Waals surface area contributed by atoms with E-state index in [2.05, 4.69) is 29.3 Å². The number of aromatic nitrogens is 2. The summed E-state index contributed by atoms with van der Waals surface area (Å²) in [5, 5.41) is 15.6. The number of hydrogen-bond acceptors (Lipinski definition) is 4. The van der Waals surface area contributed by atoms with Crippen molar-refractivity contribution in [2.24, 2.45) is 5.73 Å². The minimum absolute atomic E-state index is 0.0297. The summed E-state index contributed by atoms with van der Waals surface area (Å²) < 4.78 is 5.66. The van der Waals surface area contributed by atoms with E-state index in [4.69, 9.17) is 15.6 Å². The van der Waals surface area contributed by atoms with Crippen LogP contribution in [0.5, 0.6) is 0 Å². The molecule has 0 bridgehead atoms. The first-order valence-corrected chi connectivity index (χ1v) is 10.9. The minimum Gasteiger partial charge on any atom is -0.420 e. The Morgan fingerprint density at radius 3 is 2.07 bits per heavy atom. The van der Waals surface area contributed by atoms with Gasteiger partial charge in [0.25, 0.3) is 0 Å². The Morgan fingerprint density at radius 1 is 0.929 bits per heavy atom. The van der Waals surface area contributed by atoms with Crippen molar-refractivity contribution in [3.63, 3.8) is 0 Å². The van der Waals surface area contributed by atoms with E-state index in [1.165, 1.54) is 69.8 Å². The number of nitrogens with two attached hydrogens (primary N) is 1. The third-order valence-corrected chi connectivity index (χ3v) is 5.30. The fraction of sp³-hybridized carbons (Fsp3) is 0.609. The summed E-state index contributed by atoms with van der Waals surface area (Å²) in [6.07, 6.45) is 14.8. The maximum absolute atomic E-state index is 7.48. The Balaban J connectivity index is 1.66. The maximum atomic E-state index is 7.48. The lowest BCUT2D eigenvalue weighted by Crippen LogP contribution is -2.18. The summed E-state index contributed by atoms with van der Waals surface area (Å²) in [6.45, 7) is 4.06. The number of rotatable bonds is 14. The van der Waals surface area contributed by atoms with E-state index in [1.54, 1.807) is 6.92 Å². The van der Waals surface area contributed by atoms with E-state index >= 15 is 0 Å². The molecule has 1 aromatic heterocycles. The van der Waals surface area contributed by atoms with Crippen LogP contribution in [-0.4, -0.2) is 16.0 Å². The molecule has 5 nitrogen and oxygen atoms in total. The van der Waals surface area contributed by atoms with Crippen LogP contribution >= 0.6 is 0 Å². The highest BCUT2D eigenvalue weighted by Crippen LogP contribution is 2.22. The lowest BCUT2D eigenvalue weighted by atomic mass is 10.0. The van der Waals surface area contributed by atoms with Gasteiger partial charge >= 0.3 is 0 Å². The van der Waals surface area contributed by atoms with Gasteiger partial charge in [-0.1, -0.05) is 76.8 Å². The zero-order valence-corrected chi connectivity index (χ0v) is 17.5. The third kappa shape index (κ3) is 7.45. The van der Waals surface area contributed by atoms with Crippen molar-refractivity contribution in [2.75, 3.05) is 0 Å². The molecule has 0 spiro atoms. The number of aryl methyl sites for hydroxylation is 1. The van der Waals surface area contributed by atoms with Crippen LogP contribution in [-0.2, 0) is 6.42 Å². The van der Waals surface area contributed by atoms with Gasteiger partial charge in [0.1, 0.15) is 5.84 Å². The molecule has 0 aliphatic heterocycles. The van der Waals surface area contributed by atoms with E-state index in [0.29, 0.717) is 11.8 Å². The van der Waals surface area contributed by atoms with Crippen molar-refractivity contribution in [1.82, 2.24) is 10.2 Å². The van der Waals surface area contributed by atoms with E-state index in [-0.39, 0.29) is 11.8 Å². The summed E-state index contributed by atoms with van der Waals surface area (Å²) in [5.41, 5.74) is 7.75. The molecule has 28 heavy (non-hydrogen) atoms. The summed E-state index contributed by atoms with van der Waals surface area (Å²) in [5.74, 6) is 0.546. The van der Waals surface area contributed by atoms with Crippen LogP contribution < -0.4 is 5.73 Å². The molecule has 0 amide bonds. The molecule has 1 atom stereocenters. The van der Waals surface area contributed by atoms with Gasteiger partial charge in [0.15, 0.2) is 0 Å². The van der Waals surface area contributed by atoms with Gasteiger partial charge in [-0.2, -0.15) is 0 Å². The fourth-order valence-corrected chi connectivity index (χ4v) is 3.29. The predicted molar refractivity (Wildman–Crippen MR) is 116 cm³/mol. The Bertz CT molecular complexity index is 693. The van der Waals surface area contributed by atoms with Gasteiger partial charge in [-0.05, 0) is 37.5 Å². The first-order chi connectivity index (χ1) is 13.6. The fourth-order valence-electron chi connectivity index (χ4n) is 3.29. The molecule has 3 N–H and O–H groups in total. The normalized spacial score (nSPS) is 12.2. The first kappa shape index (κ1) is 22.1. The molecule has 5 heteroatoms. The van der Waals surface area contributed by atoms with Gasteiger partial charge in [0, 0.05) is 5.56 Å². The number of nitrogens with one attached hydrogen (secondary N) is 1. The molecule has 154 valence electrons. The van der Waals surface area contributed by atoms with Crippen LogP contribution in [0.15, 0.2) is 28.7 Å². The molecule has 0 aliphatic carbocycles. The SMILES string of the molecule is CCCCCCCCCCCCc1ccc(-c2nnc(C(C)C(=N)N)o2)cc1. The molecule has 0 radical (unpaired) electrons. The predicted octanol–water partition coefficient (Wildman–Crippen LogP) is 6.24. The van der Waals surface area contributed by atoms with Gasteiger partial charge in [-0.15, -0.1) is 10.2 Å². The van der Waals surface area contributed by atoms with Crippen LogP contribution in [0.4, 0.5) is 0 Å². The lowest BCUT2D eigenvalue weighted by Gasteiger charge is -2.04. The standard InChI is InChI=1S/C23H36N4O/c1-3-4-5-6-7-8-9-10-11-12-13-19-14-16-20(17-15-19)23-27-26-22(28-23)18(2)21(24)25/h14-18H,3-13H2,1-2H3,(H3,24,25). The van der Waals surface area contributed by atoms with Crippen molar-refractivity contribution in [3.05, 3.63) is 35.7 Å². The van der Waals surface area contributed by atoms with Crippen molar-refractivity contribution < 1.29 is 4.42 Å². The summed E-state index contributed by atoms with van der Waals surface area (Å²) in [7, 11) is 0. The topological polar surface area (TPSA) is 88.8 Å². The molecule has 0 saturated carbocycles. The molecule has 2 rings (SSSR count). The number of benzene rings is 1. The zero-order chi connectivity index (χ0) is 20.2. The molecule has 1 heterocycles. The van der Waals surface area contributed by atoms with Gasteiger partial charge in [-0.25, -0.2) is 0 Å². The number of hydrogen-bond donors (Lipinski definition) is 2. The second-order valence-electron chi connectivity index (χ2n) is 7.75. The Hall–Kier alpha value is -2.17. The van der Waals surface area contributed by atoms with Crippen molar-refractivity contribution >= 4 is 5.84 Å². The van der Waals surface area contributed by atoms with E-state index < -0.39 is 0 Å². The van der Waals surface area contributed by atoms with Crippen molar-refractivity contribution in [3.8, 4) is 11.5 Å². The number of nitrogens with zero attached hydrogens (tertiary/aromatic N) is 2. The Labute approximate surface area is 169 Å². The van der Waals surface area contributed by atoms with Gasteiger partial charge < -0.3 is 10.2 Å². The molecule has 2 aromatic rings.